The van der Waals surface area contributed by atoms with Crippen LogP contribution < -0.4 is 10.3 Å². The molecule has 2 heterocycles. The second-order valence-corrected chi connectivity index (χ2v) is 10.4. The summed E-state index contributed by atoms with van der Waals surface area (Å²) in [4.78, 5) is 13.0. The molecule has 1 aliphatic rings. The Hall–Kier alpha value is -2.22. The van der Waals surface area contributed by atoms with Crippen LogP contribution in [0.4, 0.5) is 0 Å². The molecule has 0 saturated heterocycles. The van der Waals surface area contributed by atoms with E-state index in [1.54, 1.807) is 10.6 Å². The molecule has 2 atom stereocenters. The van der Waals surface area contributed by atoms with Crippen molar-refractivity contribution in [2.24, 2.45) is 0 Å². The smallest absolute Gasteiger partial charge is 0.265 e. The average Bonchev–Trinajstić information content (AvgIpc) is 2.72. The van der Waals surface area contributed by atoms with Gasteiger partial charge >= 0.3 is 0 Å². The predicted octanol–water partition coefficient (Wildman–Crippen LogP) is 3.93. The molecule has 4 rings (SSSR count). The summed E-state index contributed by atoms with van der Waals surface area (Å²) in [5.41, 5.74) is 4.07. The van der Waals surface area contributed by atoms with E-state index >= 15 is 0 Å². The first-order valence-corrected chi connectivity index (χ1v) is 12.5. The van der Waals surface area contributed by atoms with E-state index in [1.165, 1.54) is 6.26 Å². The zero-order valence-corrected chi connectivity index (χ0v) is 19.0. The summed E-state index contributed by atoms with van der Waals surface area (Å²) in [7, 11) is -3.40. The van der Waals surface area contributed by atoms with Gasteiger partial charge in [0.25, 0.3) is 5.56 Å². The molecule has 2 aromatic carbocycles. The fourth-order valence-electron chi connectivity index (χ4n) is 4.21. The molecule has 156 valence electrons. The summed E-state index contributed by atoms with van der Waals surface area (Å²) in [6.45, 7) is 0. The minimum Gasteiger partial charge on any atom is -0.307 e. The first kappa shape index (κ1) is 21.0. The maximum atomic E-state index is 13.0. The second-order valence-electron chi connectivity index (χ2n) is 7.72. The number of benzene rings is 2. The highest BCUT2D eigenvalue weighted by Gasteiger charge is 2.32. The second kappa shape index (κ2) is 8.49. The predicted molar refractivity (Wildman–Crippen MR) is 123 cm³/mol. The van der Waals surface area contributed by atoms with E-state index < -0.39 is 10.0 Å². The lowest BCUT2D eigenvalue weighted by Crippen LogP contribution is -2.48. The number of rotatable bonds is 5. The van der Waals surface area contributed by atoms with Crippen LogP contribution in [0.2, 0.25) is 0 Å². The van der Waals surface area contributed by atoms with Crippen LogP contribution in [0.1, 0.15) is 23.7 Å². The number of halogens is 1. The summed E-state index contributed by atoms with van der Waals surface area (Å²) >= 11 is 3.34. The number of pyridine rings is 1. The molecule has 5 nitrogen and oxygen atoms in total. The van der Waals surface area contributed by atoms with Crippen molar-refractivity contribution in [3.63, 3.8) is 0 Å². The summed E-state index contributed by atoms with van der Waals surface area (Å²) in [6.07, 6.45) is 3.02. The fraction of sp³-hybridized carbons (Fsp3) is 0.261. The van der Waals surface area contributed by atoms with Gasteiger partial charge < -0.3 is 4.57 Å². The first-order valence-electron chi connectivity index (χ1n) is 9.83. The largest absolute Gasteiger partial charge is 0.307 e. The third-order valence-electron chi connectivity index (χ3n) is 5.51. The van der Waals surface area contributed by atoms with Gasteiger partial charge in [0.2, 0.25) is 10.0 Å². The minimum atomic E-state index is -3.40. The highest BCUT2D eigenvalue weighted by molar-refractivity contribution is 9.10. The quantitative estimate of drug-likeness (QED) is 0.593. The van der Waals surface area contributed by atoms with E-state index in [-0.39, 0.29) is 17.6 Å². The van der Waals surface area contributed by atoms with Gasteiger partial charge in [0, 0.05) is 11.7 Å². The van der Waals surface area contributed by atoms with E-state index in [9.17, 15) is 13.2 Å². The van der Waals surface area contributed by atoms with Crippen molar-refractivity contribution in [1.29, 1.82) is 0 Å². The Kier molecular flexibility index (Phi) is 5.95. The van der Waals surface area contributed by atoms with Crippen LogP contribution in [0, 0.1) is 0 Å². The number of hydrogen-bond donors (Lipinski definition) is 1. The summed E-state index contributed by atoms with van der Waals surface area (Å²) in [6, 6.07) is 21.4. The lowest BCUT2D eigenvalue weighted by atomic mass is 9.90. The maximum absolute atomic E-state index is 13.0. The highest BCUT2D eigenvalue weighted by Crippen LogP contribution is 2.30. The fourth-order valence-corrected chi connectivity index (χ4v) is 5.35. The van der Waals surface area contributed by atoms with Crippen LogP contribution in [0.3, 0.4) is 0 Å². The normalized spacial score (nSPS) is 18.7. The van der Waals surface area contributed by atoms with Crippen molar-refractivity contribution >= 4 is 26.0 Å². The van der Waals surface area contributed by atoms with Crippen LogP contribution in [0.5, 0.6) is 0 Å². The average molecular weight is 487 g/mol. The van der Waals surface area contributed by atoms with Gasteiger partial charge in [-0.1, -0.05) is 54.6 Å². The van der Waals surface area contributed by atoms with E-state index in [2.05, 4.69) is 44.9 Å². The molecule has 0 unspecified atom stereocenters. The lowest BCUT2D eigenvalue weighted by molar-refractivity contribution is 0.315. The van der Waals surface area contributed by atoms with E-state index in [4.69, 9.17) is 0 Å². The van der Waals surface area contributed by atoms with Crippen molar-refractivity contribution < 1.29 is 8.42 Å². The van der Waals surface area contributed by atoms with Crippen molar-refractivity contribution in [1.82, 2.24) is 9.29 Å². The topological polar surface area (TPSA) is 68.2 Å². The number of sulfonamides is 1. The summed E-state index contributed by atoms with van der Waals surface area (Å²) < 4.78 is 29.0. The molecule has 0 radical (unpaired) electrons. The zero-order chi connectivity index (χ0) is 21.3. The molecule has 1 aromatic heterocycles. The molecule has 0 spiro atoms. The van der Waals surface area contributed by atoms with Crippen LogP contribution >= 0.6 is 15.9 Å². The van der Waals surface area contributed by atoms with Gasteiger partial charge in [0.1, 0.15) is 0 Å². The van der Waals surface area contributed by atoms with Crippen molar-refractivity contribution in [3.05, 3.63) is 92.8 Å². The Morgan fingerprint density at radius 3 is 2.50 bits per heavy atom. The SMILES string of the molecule is CS(=O)(=O)N[C@H]1CCc2ccc(Br)c(=O)n2[C@H]1Cc1cccc(-c2ccccc2)c1. The molecule has 1 aliphatic heterocycles. The van der Waals surface area contributed by atoms with Crippen LogP contribution in [-0.2, 0) is 22.9 Å². The maximum Gasteiger partial charge on any atom is 0.265 e. The van der Waals surface area contributed by atoms with Crippen LogP contribution in [0.15, 0.2) is 76.0 Å². The van der Waals surface area contributed by atoms with Gasteiger partial charge in [-0.15, -0.1) is 0 Å². The van der Waals surface area contributed by atoms with Crippen molar-refractivity contribution in [2.45, 2.75) is 31.3 Å². The third-order valence-corrected chi connectivity index (χ3v) is 6.84. The lowest BCUT2D eigenvalue weighted by Gasteiger charge is -2.35. The monoisotopic (exact) mass is 486 g/mol. The van der Waals surface area contributed by atoms with Crippen molar-refractivity contribution in [2.75, 3.05) is 6.26 Å². The summed E-state index contributed by atoms with van der Waals surface area (Å²) in [5, 5.41) is 0. The number of aromatic nitrogens is 1. The molecule has 3 aromatic rings. The molecular weight excluding hydrogens is 464 g/mol. The first-order chi connectivity index (χ1) is 14.3. The number of nitrogens with zero attached hydrogens (tertiary/aromatic N) is 1. The Labute approximate surface area is 184 Å². The number of aryl methyl sites for hydroxylation is 1. The number of hydrogen-bond acceptors (Lipinski definition) is 3. The van der Waals surface area contributed by atoms with Crippen LogP contribution in [-0.4, -0.2) is 25.3 Å². The number of nitrogens with one attached hydrogen (secondary N) is 1. The minimum absolute atomic E-state index is 0.128. The molecule has 0 amide bonds. The molecule has 1 N–H and O–H groups in total. The molecule has 0 aliphatic carbocycles. The van der Waals surface area contributed by atoms with Crippen LogP contribution in [0.25, 0.3) is 11.1 Å². The molecular formula is C23H23BrN2O3S. The molecule has 0 fully saturated rings. The molecule has 7 heteroatoms. The van der Waals surface area contributed by atoms with Gasteiger partial charge in [-0.25, -0.2) is 13.1 Å². The Morgan fingerprint density at radius 2 is 1.77 bits per heavy atom. The zero-order valence-electron chi connectivity index (χ0n) is 16.6. The van der Waals surface area contributed by atoms with E-state index in [1.807, 2.05) is 36.4 Å². The van der Waals surface area contributed by atoms with Gasteiger partial charge in [-0.2, -0.15) is 0 Å². The number of fused-ring (bicyclic) bond motifs is 1. The van der Waals surface area contributed by atoms with Gasteiger partial charge in [-0.3, -0.25) is 4.79 Å². The summed E-state index contributed by atoms with van der Waals surface area (Å²) in [5.74, 6) is 0. The molecule has 30 heavy (non-hydrogen) atoms. The van der Waals surface area contributed by atoms with E-state index in [0.29, 0.717) is 23.7 Å². The highest BCUT2D eigenvalue weighted by atomic mass is 79.9. The van der Waals surface area contributed by atoms with Gasteiger partial charge in [-0.05, 0) is 64.0 Å². The third kappa shape index (κ3) is 4.58. The van der Waals surface area contributed by atoms with E-state index in [0.717, 1.165) is 22.4 Å². The molecule has 0 bridgehead atoms. The Morgan fingerprint density at radius 1 is 1.03 bits per heavy atom. The Bertz CT molecular complexity index is 1220. The molecule has 0 saturated carbocycles. The Balaban J connectivity index is 1.75. The van der Waals surface area contributed by atoms with Crippen molar-refractivity contribution in [3.8, 4) is 11.1 Å². The van der Waals surface area contributed by atoms with Gasteiger partial charge in [0.15, 0.2) is 0 Å². The van der Waals surface area contributed by atoms with Gasteiger partial charge in [0.05, 0.1) is 16.8 Å². The standard InChI is InChI=1S/C23H23BrN2O3S/c1-30(28,29)25-21-13-11-19-10-12-20(24)23(27)26(19)22(21)15-16-6-5-9-18(14-16)17-7-3-2-4-8-17/h2-10,12,14,21-22,25H,11,13,15H2,1H3/t21-,22-/m0/s1.